The monoisotopic (exact) mass is 383 g/mol. The second-order valence-electron chi connectivity index (χ2n) is 4.67. The van der Waals surface area contributed by atoms with Crippen LogP contribution in [0.5, 0.6) is 0 Å². The van der Waals surface area contributed by atoms with Gasteiger partial charge < -0.3 is 4.74 Å². The number of thioether (sulfide) groups is 1. The molecule has 0 amide bonds. The highest BCUT2D eigenvalue weighted by atomic mass is 32.2. The third kappa shape index (κ3) is 5.04. The molecule has 0 aliphatic carbocycles. The molecule has 0 bridgehead atoms. The number of aromatic nitrogens is 2. The number of carbonyl (C=O) groups excluding carboxylic acids is 2. The molecule has 10 heteroatoms. The van der Waals surface area contributed by atoms with Crippen LogP contribution in [-0.2, 0) is 9.53 Å². The molecule has 0 fully saturated rings. The van der Waals surface area contributed by atoms with Gasteiger partial charge in [-0.1, -0.05) is 0 Å². The summed E-state index contributed by atoms with van der Waals surface area (Å²) >= 11 is 1.27. The summed E-state index contributed by atoms with van der Waals surface area (Å²) < 4.78 is 29.9. The summed E-state index contributed by atoms with van der Waals surface area (Å²) in [6, 6.07) is 4.49. The van der Waals surface area contributed by atoms with Gasteiger partial charge in [0.1, 0.15) is 10.0 Å². The van der Waals surface area contributed by atoms with E-state index in [2.05, 4.69) is 9.97 Å². The first-order valence-corrected chi connectivity index (χ1v) is 8.59. The van der Waals surface area contributed by atoms with E-state index in [0.717, 1.165) is 11.3 Å². The molecule has 6 nitrogen and oxygen atoms in total. The van der Waals surface area contributed by atoms with Crippen molar-refractivity contribution >= 4 is 34.9 Å². The molecule has 0 spiro atoms. The number of ether oxygens (including phenoxy) is 1. The highest BCUT2D eigenvalue weighted by molar-refractivity contribution is 7.99. The number of aryl methyl sites for hydroxylation is 1. The Morgan fingerprint density at radius 2 is 2.24 bits per heavy atom. The molecule has 2 aromatic rings. The summed E-state index contributed by atoms with van der Waals surface area (Å²) in [6.45, 7) is 1.06. The fourth-order valence-electron chi connectivity index (χ4n) is 1.79. The molecule has 1 atom stereocenters. The number of rotatable bonds is 7. The molecule has 0 radical (unpaired) electrons. The molecule has 0 aromatic carbocycles. The normalized spacial score (nSPS) is 11.8. The van der Waals surface area contributed by atoms with Gasteiger partial charge in [0.05, 0.1) is 11.6 Å². The van der Waals surface area contributed by atoms with Crippen molar-refractivity contribution in [3.05, 3.63) is 40.0 Å². The molecule has 0 aliphatic rings. The van der Waals surface area contributed by atoms with Crippen LogP contribution in [0.1, 0.15) is 27.0 Å². The smallest absolute Gasteiger partial charge is 0.341 e. The Balaban J connectivity index is 2.04. The first-order valence-electron chi connectivity index (χ1n) is 6.83. The molecule has 130 valence electrons. The third-order valence-electron chi connectivity index (χ3n) is 2.87. The van der Waals surface area contributed by atoms with Gasteiger partial charge in [-0.15, -0.1) is 11.3 Å². The number of carbonyl (C=O) groups is 2. The number of Topliss-reactive ketones (excluding diaryl/α,β-unsaturated/α-hetero) is 1. The zero-order valence-electron chi connectivity index (χ0n) is 12.8. The average molecular weight is 383 g/mol. The maximum atomic E-state index is 12.5. The third-order valence-corrected chi connectivity index (χ3v) is 4.63. The number of nitrogens with zero attached hydrogens (tertiary/aromatic N) is 3. The number of ketones is 1. The average Bonchev–Trinajstić information content (AvgIpc) is 2.99. The SMILES string of the molecule is Cc1csc([C@@H](C#N)C(=O)COC(=O)c2cccnc2SC(F)F)n1. The number of esters is 1. The lowest BCUT2D eigenvalue weighted by Crippen LogP contribution is -2.20. The molecule has 0 unspecified atom stereocenters. The highest BCUT2D eigenvalue weighted by Gasteiger charge is 2.25. The van der Waals surface area contributed by atoms with Crippen molar-refractivity contribution in [2.75, 3.05) is 6.61 Å². The van der Waals surface area contributed by atoms with Crippen molar-refractivity contribution in [3.63, 3.8) is 0 Å². The Morgan fingerprint density at radius 1 is 1.48 bits per heavy atom. The van der Waals surface area contributed by atoms with Crippen LogP contribution in [0.2, 0.25) is 0 Å². The lowest BCUT2D eigenvalue weighted by atomic mass is 10.1. The van der Waals surface area contributed by atoms with Crippen molar-refractivity contribution in [2.45, 2.75) is 23.6 Å². The van der Waals surface area contributed by atoms with Crippen molar-refractivity contribution < 1.29 is 23.1 Å². The summed E-state index contributed by atoms with van der Waals surface area (Å²) in [4.78, 5) is 31.9. The predicted octanol–water partition coefficient (Wildman–Crippen LogP) is 3.19. The van der Waals surface area contributed by atoms with Crippen LogP contribution in [0.25, 0.3) is 0 Å². The fraction of sp³-hybridized carbons (Fsp3) is 0.267. The van der Waals surface area contributed by atoms with E-state index in [0.29, 0.717) is 10.7 Å². The summed E-state index contributed by atoms with van der Waals surface area (Å²) in [7, 11) is 0. The summed E-state index contributed by atoms with van der Waals surface area (Å²) in [5.41, 5.74) is 0.508. The Bertz CT molecular complexity index is 820. The minimum absolute atomic E-state index is 0.107. The van der Waals surface area contributed by atoms with Gasteiger partial charge >= 0.3 is 5.97 Å². The molecule has 0 saturated heterocycles. The van der Waals surface area contributed by atoms with E-state index >= 15 is 0 Å². The lowest BCUT2D eigenvalue weighted by Gasteiger charge is -2.09. The van der Waals surface area contributed by atoms with Crippen LogP contribution in [0.15, 0.2) is 28.7 Å². The van der Waals surface area contributed by atoms with Crippen molar-refractivity contribution in [1.82, 2.24) is 9.97 Å². The Morgan fingerprint density at radius 3 is 2.84 bits per heavy atom. The quantitative estimate of drug-likeness (QED) is 0.535. The van der Waals surface area contributed by atoms with E-state index in [1.54, 1.807) is 12.3 Å². The number of thiazole rings is 1. The van der Waals surface area contributed by atoms with E-state index in [1.807, 2.05) is 6.07 Å². The summed E-state index contributed by atoms with van der Waals surface area (Å²) in [6.07, 6.45) is 1.27. The van der Waals surface area contributed by atoms with Crippen LogP contribution in [-0.4, -0.2) is 34.1 Å². The number of hydrogen-bond acceptors (Lipinski definition) is 8. The predicted molar refractivity (Wildman–Crippen MR) is 86.6 cm³/mol. The molecular formula is C15H11F2N3O3S2. The van der Waals surface area contributed by atoms with Gasteiger partial charge in [0.2, 0.25) is 0 Å². The Labute approximate surface area is 149 Å². The van der Waals surface area contributed by atoms with Crippen LogP contribution in [0.3, 0.4) is 0 Å². The van der Waals surface area contributed by atoms with E-state index in [9.17, 15) is 18.4 Å². The largest absolute Gasteiger partial charge is 0.454 e. The molecule has 0 N–H and O–H groups in total. The van der Waals surface area contributed by atoms with Gasteiger partial charge in [-0.25, -0.2) is 14.8 Å². The zero-order valence-corrected chi connectivity index (χ0v) is 14.4. The topological polar surface area (TPSA) is 92.9 Å². The second-order valence-corrected chi connectivity index (χ2v) is 6.53. The molecule has 2 rings (SSSR count). The molecule has 0 saturated carbocycles. The fourth-order valence-corrected chi connectivity index (χ4v) is 3.22. The Hall–Kier alpha value is -2.38. The lowest BCUT2D eigenvalue weighted by molar-refractivity contribution is -0.122. The van der Waals surface area contributed by atoms with Crippen LogP contribution < -0.4 is 0 Å². The first kappa shape index (κ1) is 19.0. The van der Waals surface area contributed by atoms with Gasteiger partial charge in [0.15, 0.2) is 18.3 Å². The van der Waals surface area contributed by atoms with Crippen molar-refractivity contribution in [1.29, 1.82) is 5.26 Å². The van der Waals surface area contributed by atoms with Gasteiger partial charge in [-0.05, 0) is 30.8 Å². The summed E-state index contributed by atoms with van der Waals surface area (Å²) in [5.74, 6) is -5.50. The van der Waals surface area contributed by atoms with Crippen molar-refractivity contribution in [3.8, 4) is 6.07 Å². The van der Waals surface area contributed by atoms with Gasteiger partial charge in [0, 0.05) is 17.3 Å². The first-order chi connectivity index (χ1) is 11.9. The van der Waals surface area contributed by atoms with Crippen molar-refractivity contribution in [2.24, 2.45) is 0 Å². The second kappa shape index (κ2) is 8.64. The van der Waals surface area contributed by atoms with Crippen LogP contribution in [0.4, 0.5) is 8.78 Å². The standard InChI is InChI=1S/C15H11F2N3O3S2/c1-8-7-24-13(20-8)10(5-18)11(21)6-23-14(22)9-3-2-4-19-12(9)25-15(16)17/h2-4,7,10,15H,6H2,1H3/t10-/m0/s1. The van der Waals surface area contributed by atoms with Crippen LogP contribution >= 0.6 is 23.1 Å². The van der Waals surface area contributed by atoms with Gasteiger partial charge in [-0.3, -0.25) is 4.79 Å². The van der Waals surface area contributed by atoms with E-state index in [4.69, 9.17) is 10.00 Å². The Kier molecular flexibility index (Phi) is 6.55. The van der Waals surface area contributed by atoms with Gasteiger partial charge in [0.25, 0.3) is 5.76 Å². The highest BCUT2D eigenvalue weighted by Crippen LogP contribution is 2.27. The molecule has 0 aliphatic heterocycles. The van der Waals surface area contributed by atoms with E-state index in [-0.39, 0.29) is 22.4 Å². The molecule has 25 heavy (non-hydrogen) atoms. The number of hydrogen-bond donors (Lipinski definition) is 0. The number of pyridine rings is 1. The van der Waals surface area contributed by atoms with E-state index < -0.39 is 30.0 Å². The number of nitriles is 1. The number of halogens is 2. The molecule has 2 aromatic heterocycles. The number of alkyl halides is 2. The van der Waals surface area contributed by atoms with Gasteiger partial charge in [-0.2, -0.15) is 14.0 Å². The zero-order chi connectivity index (χ0) is 18.4. The summed E-state index contributed by atoms with van der Waals surface area (Å²) in [5, 5.41) is 11.0. The molecular weight excluding hydrogens is 372 g/mol. The minimum Gasteiger partial charge on any atom is -0.454 e. The van der Waals surface area contributed by atoms with E-state index in [1.165, 1.54) is 18.3 Å². The van der Waals surface area contributed by atoms with Crippen LogP contribution in [0, 0.1) is 18.3 Å². The minimum atomic E-state index is -2.75. The maximum absolute atomic E-state index is 12.5. The molecule has 2 heterocycles. The maximum Gasteiger partial charge on any atom is 0.341 e.